The molecular formula is C16H25NO3. The Labute approximate surface area is 121 Å². The Kier molecular flexibility index (Phi) is 6.47. The largest absolute Gasteiger partial charge is 0.389 e. The summed E-state index contributed by atoms with van der Waals surface area (Å²) in [6.45, 7) is 5.54. The van der Waals surface area contributed by atoms with Crippen molar-refractivity contribution in [1.29, 1.82) is 0 Å². The van der Waals surface area contributed by atoms with Gasteiger partial charge in [0.15, 0.2) is 0 Å². The highest BCUT2D eigenvalue weighted by atomic mass is 16.5. The van der Waals surface area contributed by atoms with Crippen LogP contribution in [-0.4, -0.2) is 44.1 Å². The number of aliphatic hydroxyl groups is 1. The van der Waals surface area contributed by atoms with Crippen molar-refractivity contribution in [2.45, 2.75) is 25.6 Å². The molecular weight excluding hydrogens is 254 g/mol. The molecule has 0 spiro atoms. The van der Waals surface area contributed by atoms with Crippen LogP contribution in [0.5, 0.6) is 0 Å². The fraction of sp³-hybridized carbons (Fsp3) is 0.625. The molecule has 0 aliphatic carbocycles. The lowest BCUT2D eigenvalue weighted by atomic mass is 10.1. The molecule has 3 unspecified atom stereocenters. The van der Waals surface area contributed by atoms with E-state index in [-0.39, 0.29) is 6.10 Å². The molecule has 1 aromatic carbocycles. The monoisotopic (exact) mass is 279 g/mol. The first-order chi connectivity index (χ1) is 9.75. The van der Waals surface area contributed by atoms with Gasteiger partial charge in [-0.25, -0.2) is 0 Å². The normalized spacial score (nSPS) is 21.8. The molecule has 3 atom stereocenters. The predicted molar refractivity (Wildman–Crippen MR) is 78.6 cm³/mol. The SMILES string of the molecule is CC(OCC(O)CNCC1CCOC1)c1ccccc1. The Bertz CT molecular complexity index is 365. The van der Waals surface area contributed by atoms with Gasteiger partial charge in [-0.1, -0.05) is 30.3 Å². The minimum Gasteiger partial charge on any atom is -0.389 e. The third kappa shape index (κ3) is 5.21. The van der Waals surface area contributed by atoms with E-state index in [4.69, 9.17) is 9.47 Å². The van der Waals surface area contributed by atoms with Gasteiger partial charge in [-0.05, 0) is 24.8 Å². The highest BCUT2D eigenvalue weighted by Crippen LogP contribution is 2.16. The van der Waals surface area contributed by atoms with Crippen LogP contribution in [0, 0.1) is 5.92 Å². The van der Waals surface area contributed by atoms with E-state index in [1.54, 1.807) is 0 Å². The summed E-state index contributed by atoms with van der Waals surface area (Å²) >= 11 is 0. The average molecular weight is 279 g/mol. The fourth-order valence-corrected chi connectivity index (χ4v) is 2.33. The molecule has 112 valence electrons. The minimum absolute atomic E-state index is 0.00841. The summed E-state index contributed by atoms with van der Waals surface area (Å²) in [6.07, 6.45) is 0.655. The van der Waals surface area contributed by atoms with Gasteiger partial charge in [0.05, 0.1) is 25.4 Å². The minimum atomic E-state index is -0.469. The number of benzene rings is 1. The third-order valence-electron chi connectivity index (χ3n) is 3.64. The summed E-state index contributed by atoms with van der Waals surface area (Å²) in [6, 6.07) is 10.1. The topological polar surface area (TPSA) is 50.7 Å². The number of hydrogen-bond donors (Lipinski definition) is 2. The van der Waals surface area contributed by atoms with Crippen LogP contribution in [0.25, 0.3) is 0 Å². The lowest BCUT2D eigenvalue weighted by Crippen LogP contribution is -2.33. The lowest BCUT2D eigenvalue weighted by molar-refractivity contribution is -0.00227. The second kappa shape index (κ2) is 8.37. The van der Waals surface area contributed by atoms with Gasteiger partial charge in [0.1, 0.15) is 0 Å². The van der Waals surface area contributed by atoms with Gasteiger partial charge in [-0.15, -0.1) is 0 Å². The first-order valence-corrected chi connectivity index (χ1v) is 7.38. The van der Waals surface area contributed by atoms with Crippen molar-refractivity contribution in [3.63, 3.8) is 0 Å². The van der Waals surface area contributed by atoms with E-state index in [2.05, 4.69) is 5.32 Å². The summed E-state index contributed by atoms with van der Waals surface area (Å²) < 4.78 is 11.0. The van der Waals surface area contributed by atoms with Gasteiger partial charge in [0.2, 0.25) is 0 Å². The van der Waals surface area contributed by atoms with Gasteiger partial charge in [0, 0.05) is 19.7 Å². The second-order valence-electron chi connectivity index (χ2n) is 5.43. The van der Waals surface area contributed by atoms with Crippen molar-refractivity contribution >= 4 is 0 Å². The first-order valence-electron chi connectivity index (χ1n) is 7.38. The zero-order chi connectivity index (χ0) is 14.2. The van der Waals surface area contributed by atoms with Crippen LogP contribution in [0.1, 0.15) is 25.0 Å². The fourth-order valence-electron chi connectivity index (χ4n) is 2.33. The van der Waals surface area contributed by atoms with E-state index in [9.17, 15) is 5.11 Å². The Balaban J connectivity index is 1.58. The van der Waals surface area contributed by atoms with Gasteiger partial charge >= 0.3 is 0 Å². The quantitative estimate of drug-likeness (QED) is 0.761. The standard InChI is InChI=1S/C16H25NO3/c1-13(15-5-3-2-4-6-15)20-12-16(18)10-17-9-14-7-8-19-11-14/h2-6,13-14,16-18H,7-12H2,1H3. The van der Waals surface area contributed by atoms with Crippen LogP contribution in [0.3, 0.4) is 0 Å². The highest BCUT2D eigenvalue weighted by Gasteiger charge is 2.15. The maximum absolute atomic E-state index is 9.90. The van der Waals surface area contributed by atoms with E-state index in [1.807, 2.05) is 37.3 Å². The lowest BCUT2D eigenvalue weighted by Gasteiger charge is -2.18. The summed E-state index contributed by atoms with van der Waals surface area (Å²) in [5.74, 6) is 0.589. The van der Waals surface area contributed by atoms with Crippen LogP contribution >= 0.6 is 0 Å². The van der Waals surface area contributed by atoms with Crippen molar-refractivity contribution in [1.82, 2.24) is 5.32 Å². The molecule has 1 aliphatic rings. The maximum atomic E-state index is 9.90. The molecule has 0 saturated carbocycles. The van der Waals surface area contributed by atoms with Crippen molar-refractivity contribution in [2.75, 3.05) is 32.9 Å². The van der Waals surface area contributed by atoms with Crippen LogP contribution < -0.4 is 5.32 Å². The van der Waals surface area contributed by atoms with Crippen molar-refractivity contribution in [2.24, 2.45) is 5.92 Å². The summed E-state index contributed by atoms with van der Waals surface area (Å²) in [7, 11) is 0. The molecule has 1 saturated heterocycles. The van der Waals surface area contributed by atoms with E-state index in [0.29, 0.717) is 19.1 Å². The summed E-state index contributed by atoms with van der Waals surface area (Å²) in [4.78, 5) is 0. The molecule has 0 aromatic heterocycles. The van der Waals surface area contributed by atoms with E-state index >= 15 is 0 Å². The zero-order valence-corrected chi connectivity index (χ0v) is 12.1. The van der Waals surface area contributed by atoms with E-state index in [0.717, 1.165) is 31.7 Å². The predicted octanol–water partition coefficient (Wildman–Crippen LogP) is 1.75. The maximum Gasteiger partial charge on any atom is 0.0897 e. The summed E-state index contributed by atoms with van der Waals surface area (Å²) in [5.41, 5.74) is 1.13. The van der Waals surface area contributed by atoms with Crippen LogP contribution in [-0.2, 0) is 9.47 Å². The van der Waals surface area contributed by atoms with E-state index < -0.39 is 6.10 Å². The molecule has 20 heavy (non-hydrogen) atoms. The van der Waals surface area contributed by atoms with Crippen molar-refractivity contribution in [3.05, 3.63) is 35.9 Å². The van der Waals surface area contributed by atoms with Crippen LogP contribution in [0.2, 0.25) is 0 Å². The number of ether oxygens (including phenoxy) is 2. The molecule has 2 rings (SSSR count). The van der Waals surface area contributed by atoms with Gasteiger partial charge in [0.25, 0.3) is 0 Å². The third-order valence-corrected chi connectivity index (χ3v) is 3.64. The molecule has 2 N–H and O–H groups in total. The molecule has 1 aromatic rings. The van der Waals surface area contributed by atoms with Gasteiger partial charge in [-0.3, -0.25) is 0 Å². The first kappa shape index (κ1) is 15.4. The van der Waals surface area contributed by atoms with Gasteiger partial charge < -0.3 is 19.9 Å². The smallest absolute Gasteiger partial charge is 0.0897 e. The van der Waals surface area contributed by atoms with Gasteiger partial charge in [-0.2, -0.15) is 0 Å². The number of nitrogens with one attached hydrogen (secondary N) is 1. The Morgan fingerprint density at radius 1 is 1.40 bits per heavy atom. The zero-order valence-electron chi connectivity index (χ0n) is 12.1. The highest BCUT2D eigenvalue weighted by molar-refractivity contribution is 5.16. The Hall–Kier alpha value is -0.940. The van der Waals surface area contributed by atoms with Crippen LogP contribution in [0.4, 0.5) is 0 Å². The number of hydrogen-bond acceptors (Lipinski definition) is 4. The van der Waals surface area contributed by atoms with Crippen molar-refractivity contribution in [3.8, 4) is 0 Å². The molecule has 0 bridgehead atoms. The average Bonchev–Trinajstić information content (AvgIpc) is 2.99. The van der Waals surface area contributed by atoms with Crippen molar-refractivity contribution < 1.29 is 14.6 Å². The molecule has 0 amide bonds. The Morgan fingerprint density at radius 3 is 2.90 bits per heavy atom. The summed E-state index contributed by atoms with van der Waals surface area (Å²) in [5, 5.41) is 13.2. The van der Waals surface area contributed by atoms with E-state index in [1.165, 1.54) is 0 Å². The Morgan fingerprint density at radius 2 is 2.20 bits per heavy atom. The number of aliphatic hydroxyl groups excluding tert-OH is 1. The second-order valence-corrected chi connectivity index (χ2v) is 5.43. The molecule has 1 heterocycles. The van der Waals surface area contributed by atoms with Crippen LogP contribution in [0.15, 0.2) is 30.3 Å². The molecule has 1 aliphatic heterocycles. The molecule has 1 fully saturated rings. The molecule has 4 heteroatoms. The molecule has 0 radical (unpaired) electrons. The number of rotatable bonds is 8. The molecule has 4 nitrogen and oxygen atoms in total.